The molecule has 6 atom stereocenters. The number of fused-ring (bicyclic) bond motifs is 4. The molecule has 30 heavy (non-hydrogen) atoms. The third-order valence-corrected chi connectivity index (χ3v) is 7.86. The van der Waals surface area contributed by atoms with Crippen LogP contribution in [0.2, 0.25) is 0 Å². The maximum Gasteiger partial charge on any atom is 0.271 e. The van der Waals surface area contributed by atoms with E-state index in [1.165, 1.54) is 51.4 Å². The molecule has 0 aromatic heterocycles. The first-order valence-corrected chi connectivity index (χ1v) is 11.4. The van der Waals surface area contributed by atoms with Crippen molar-refractivity contribution >= 4 is 24.2 Å². The van der Waals surface area contributed by atoms with Gasteiger partial charge < -0.3 is 0 Å². The normalized spacial score (nSPS) is 34.3. The number of rotatable bonds is 6. The third-order valence-electron chi connectivity index (χ3n) is 7.86. The quantitative estimate of drug-likeness (QED) is 0.553. The van der Waals surface area contributed by atoms with Crippen molar-refractivity contribution in [1.29, 1.82) is 0 Å². The van der Waals surface area contributed by atoms with E-state index in [0.717, 1.165) is 23.7 Å². The monoisotopic (exact) mass is 406 g/mol. The number of nitrogens with zero attached hydrogens (tertiary/aromatic N) is 2. The molecule has 4 saturated carbocycles. The summed E-state index contributed by atoms with van der Waals surface area (Å²) in [4.78, 5) is 24.6. The Bertz CT molecular complexity index is 791. The molecule has 0 aliphatic heterocycles. The first-order chi connectivity index (χ1) is 14.7. The van der Waals surface area contributed by atoms with Gasteiger partial charge in [-0.15, -0.1) is 0 Å². The smallest absolute Gasteiger partial charge is 0.267 e. The molecule has 6 nitrogen and oxygen atoms in total. The van der Waals surface area contributed by atoms with E-state index >= 15 is 0 Å². The van der Waals surface area contributed by atoms with Gasteiger partial charge in [0.2, 0.25) is 0 Å². The second-order valence-corrected chi connectivity index (χ2v) is 9.69. The van der Waals surface area contributed by atoms with Gasteiger partial charge in [0.05, 0.1) is 0 Å². The molecule has 5 rings (SSSR count). The van der Waals surface area contributed by atoms with Gasteiger partial charge in [0.15, 0.2) is 0 Å². The largest absolute Gasteiger partial charge is 0.271 e. The lowest BCUT2D eigenvalue weighted by Gasteiger charge is -2.16. The zero-order valence-corrected chi connectivity index (χ0v) is 17.3. The van der Waals surface area contributed by atoms with Crippen molar-refractivity contribution in [2.75, 3.05) is 0 Å². The van der Waals surface area contributed by atoms with Crippen LogP contribution < -0.4 is 10.9 Å². The van der Waals surface area contributed by atoms with Crippen molar-refractivity contribution < 1.29 is 9.59 Å². The lowest BCUT2D eigenvalue weighted by molar-refractivity contribution is 0.0943. The van der Waals surface area contributed by atoms with Crippen molar-refractivity contribution in [3.8, 4) is 0 Å². The van der Waals surface area contributed by atoms with E-state index in [9.17, 15) is 9.59 Å². The molecule has 6 heteroatoms. The molecular formula is C24H30N4O2. The first kappa shape index (κ1) is 19.5. The van der Waals surface area contributed by atoms with E-state index in [1.54, 1.807) is 24.3 Å². The van der Waals surface area contributed by atoms with Crippen LogP contribution in [0.25, 0.3) is 0 Å². The summed E-state index contributed by atoms with van der Waals surface area (Å²) in [7, 11) is 0. The number of carbonyl (C=O) groups is 2. The molecule has 4 aliphatic rings. The number of benzene rings is 1. The fraction of sp³-hybridized carbons (Fsp3) is 0.583. The van der Waals surface area contributed by atoms with Crippen molar-refractivity contribution in [3.63, 3.8) is 0 Å². The fourth-order valence-corrected chi connectivity index (χ4v) is 6.24. The summed E-state index contributed by atoms with van der Waals surface area (Å²) in [5.74, 6) is 3.73. The predicted molar refractivity (Wildman–Crippen MR) is 116 cm³/mol. The minimum absolute atomic E-state index is 0.254. The zero-order chi connectivity index (χ0) is 20.5. The van der Waals surface area contributed by atoms with E-state index in [1.807, 2.05) is 12.4 Å². The van der Waals surface area contributed by atoms with Crippen LogP contribution in [-0.4, -0.2) is 24.2 Å². The van der Waals surface area contributed by atoms with Gasteiger partial charge in [0, 0.05) is 23.6 Å². The second-order valence-electron chi connectivity index (χ2n) is 9.69. The maximum atomic E-state index is 12.3. The lowest BCUT2D eigenvalue weighted by atomic mass is 9.90. The number of hydrogen-bond donors (Lipinski definition) is 2. The minimum Gasteiger partial charge on any atom is -0.267 e. The van der Waals surface area contributed by atoms with Crippen molar-refractivity contribution in [2.24, 2.45) is 45.7 Å². The van der Waals surface area contributed by atoms with Crippen LogP contribution in [0.5, 0.6) is 0 Å². The van der Waals surface area contributed by atoms with Gasteiger partial charge in [-0.3, -0.25) is 9.59 Å². The number of nitrogens with one attached hydrogen (secondary N) is 2. The molecule has 4 bridgehead atoms. The molecule has 4 aliphatic carbocycles. The molecule has 0 spiro atoms. The molecule has 2 amide bonds. The van der Waals surface area contributed by atoms with E-state index < -0.39 is 0 Å². The average Bonchev–Trinajstić information content (AvgIpc) is 3.56. The molecule has 0 saturated heterocycles. The lowest BCUT2D eigenvalue weighted by Crippen LogP contribution is -2.21. The van der Waals surface area contributed by atoms with Crippen molar-refractivity contribution in [1.82, 2.24) is 10.9 Å². The van der Waals surface area contributed by atoms with E-state index in [-0.39, 0.29) is 11.8 Å². The highest BCUT2D eigenvalue weighted by Crippen LogP contribution is 2.48. The topological polar surface area (TPSA) is 82.9 Å². The van der Waals surface area contributed by atoms with Crippen LogP contribution in [0.3, 0.4) is 0 Å². The standard InChI is InChI=1S/C24H30N4O2/c29-23(27-25-13-21-11-15-1-3-19(21)9-15)17-5-7-18(8-6-17)24(30)28-26-14-22-12-16-2-4-20(22)10-16/h5-8,13-16,19-22H,1-4,9-12H2,(H,27,29)(H,28,30)/b25-13+,26-14+. The second kappa shape index (κ2) is 8.32. The summed E-state index contributed by atoms with van der Waals surface area (Å²) in [5, 5.41) is 8.35. The molecule has 2 N–H and O–H groups in total. The SMILES string of the molecule is O=C(N/N=C/C1CC2CCC1C2)c1ccc(C(=O)N/N=C/C2CC3CCC2C3)cc1. The predicted octanol–water partition coefficient (Wildman–Crippen LogP) is 3.99. The Morgan fingerprint density at radius 3 is 1.47 bits per heavy atom. The summed E-state index contributed by atoms with van der Waals surface area (Å²) < 4.78 is 0. The minimum atomic E-state index is -0.254. The van der Waals surface area contributed by atoms with Crippen LogP contribution in [0, 0.1) is 35.5 Å². The summed E-state index contributed by atoms with van der Waals surface area (Å²) >= 11 is 0. The molecule has 6 unspecified atom stereocenters. The van der Waals surface area contributed by atoms with E-state index in [2.05, 4.69) is 21.1 Å². The van der Waals surface area contributed by atoms with Crippen molar-refractivity contribution in [2.45, 2.75) is 51.4 Å². The highest BCUT2D eigenvalue weighted by molar-refractivity contribution is 5.98. The van der Waals surface area contributed by atoms with Gasteiger partial charge in [-0.25, -0.2) is 10.9 Å². The van der Waals surface area contributed by atoms with Crippen LogP contribution in [0.4, 0.5) is 0 Å². The Morgan fingerprint density at radius 2 is 1.13 bits per heavy atom. The summed E-state index contributed by atoms with van der Waals surface area (Å²) in [5.41, 5.74) is 6.21. The average molecular weight is 407 g/mol. The number of hydrogen-bond acceptors (Lipinski definition) is 4. The molecule has 158 valence electrons. The van der Waals surface area contributed by atoms with Gasteiger partial charge in [-0.2, -0.15) is 10.2 Å². The Hall–Kier alpha value is -2.50. The van der Waals surface area contributed by atoms with Crippen LogP contribution in [0.1, 0.15) is 72.1 Å². The molecule has 1 aromatic carbocycles. The van der Waals surface area contributed by atoms with Crippen LogP contribution in [-0.2, 0) is 0 Å². The molecule has 4 fully saturated rings. The molecule has 0 heterocycles. The number of carbonyl (C=O) groups excluding carboxylic acids is 2. The fourth-order valence-electron chi connectivity index (χ4n) is 6.24. The summed E-state index contributed by atoms with van der Waals surface area (Å²) in [6.45, 7) is 0. The number of hydrazone groups is 2. The van der Waals surface area contributed by atoms with Crippen LogP contribution >= 0.6 is 0 Å². The zero-order valence-electron chi connectivity index (χ0n) is 17.3. The van der Waals surface area contributed by atoms with Crippen molar-refractivity contribution in [3.05, 3.63) is 35.4 Å². The molecule has 0 radical (unpaired) electrons. The highest BCUT2D eigenvalue weighted by atomic mass is 16.2. The van der Waals surface area contributed by atoms with Gasteiger partial charge in [-0.1, -0.05) is 12.8 Å². The third kappa shape index (κ3) is 4.05. The van der Waals surface area contributed by atoms with Crippen LogP contribution in [0.15, 0.2) is 34.5 Å². The maximum absolute atomic E-state index is 12.3. The Kier molecular flexibility index (Phi) is 5.40. The van der Waals surface area contributed by atoms with E-state index in [4.69, 9.17) is 0 Å². The van der Waals surface area contributed by atoms with Gasteiger partial charge in [0.1, 0.15) is 0 Å². The molecular weight excluding hydrogens is 376 g/mol. The summed E-state index contributed by atoms with van der Waals surface area (Å²) in [6, 6.07) is 6.60. The van der Waals surface area contributed by atoms with Gasteiger partial charge in [-0.05, 0) is 98.3 Å². The van der Waals surface area contributed by atoms with E-state index in [0.29, 0.717) is 23.0 Å². The van der Waals surface area contributed by atoms with Gasteiger partial charge >= 0.3 is 0 Å². The molecule has 1 aromatic rings. The number of amides is 2. The Balaban J connectivity index is 1.09. The summed E-state index contributed by atoms with van der Waals surface area (Å²) in [6.07, 6.45) is 14.2. The van der Waals surface area contributed by atoms with Gasteiger partial charge in [0.25, 0.3) is 11.8 Å². The Labute approximate surface area is 177 Å². The highest BCUT2D eigenvalue weighted by Gasteiger charge is 2.39. The Morgan fingerprint density at radius 1 is 0.700 bits per heavy atom. The first-order valence-electron chi connectivity index (χ1n) is 11.4.